The van der Waals surface area contributed by atoms with Gasteiger partial charge < -0.3 is 14.3 Å². The molecule has 100 valence electrons. The van der Waals surface area contributed by atoms with Crippen LogP contribution in [0.25, 0.3) is 11.1 Å². The number of aromatic amines is 1. The Labute approximate surface area is 115 Å². The van der Waals surface area contributed by atoms with Gasteiger partial charge in [-0.15, -0.1) is 0 Å². The largest absolute Gasteiger partial charge is 0.429 e. The molecule has 0 saturated heterocycles. The Hall–Kier alpha value is -1.95. The van der Waals surface area contributed by atoms with E-state index in [2.05, 4.69) is 4.98 Å². The van der Waals surface area contributed by atoms with E-state index in [4.69, 9.17) is 16.6 Å². The highest BCUT2D eigenvalue weighted by atomic mass is 32.1. The molecule has 0 saturated carbocycles. The molecule has 0 aliphatic carbocycles. The second-order valence-electron chi connectivity index (χ2n) is 4.40. The lowest BCUT2D eigenvalue weighted by molar-refractivity contribution is -0.117. The number of fused-ring (bicyclic) bond motifs is 1. The van der Waals surface area contributed by atoms with Crippen molar-refractivity contribution < 1.29 is 14.0 Å². The van der Waals surface area contributed by atoms with Crippen LogP contribution in [0, 0.1) is 4.84 Å². The van der Waals surface area contributed by atoms with Crippen LogP contribution in [-0.2, 0) is 4.79 Å². The fourth-order valence-corrected chi connectivity index (χ4v) is 1.93. The summed E-state index contributed by atoms with van der Waals surface area (Å²) in [5.74, 6) is -0.0862. The summed E-state index contributed by atoms with van der Waals surface area (Å²) in [7, 11) is 1.67. The third-order valence-corrected chi connectivity index (χ3v) is 3.00. The molecule has 0 unspecified atom stereocenters. The van der Waals surface area contributed by atoms with Crippen molar-refractivity contribution in [2.75, 3.05) is 13.6 Å². The molecule has 2 rings (SSSR count). The van der Waals surface area contributed by atoms with Crippen molar-refractivity contribution in [3.8, 4) is 0 Å². The molecule has 5 nitrogen and oxygen atoms in total. The number of hydrogen-bond acceptors (Lipinski definition) is 4. The maximum atomic E-state index is 12.1. The molecule has 19 heavy (non-hydrogen) atoms. The minimum absolute atomic E-state index is 0.0616. The van der Waals surface area contributed by atoms with Crippen LogP contribution in [0.5, 0.6) is 0 Å². The number of hydrogen-bond donors (Lipinski definition) is 1. The van der Waals surface area contributed by atoms with E-state index in [1.807, 2.05) is 0 Å². The zero-order chi connectivity index (χ0) is 14.0. The van der Waals surface area contributed by atoms with E-state index in [1.165, 1.54) is 11.8 Å². The standard InChI is InChI=1S/C13H14N2O3S/c1-8(16)5-6-15(2)12(17)9-3-4-10-11(7-9)18-13(19)14-10/h3-4,7H,5-6H2,1-2H3,(H,14,19). The molecule has 1 amide bonds. The predicted octanol–water partition coefficient (Wildman–Crippen LogP) is 2.54. The predicted molar refractivity (Wildman–Crippen MR) is 73.7 cm³/mol. The summed E-state index contributed by atoms with van der Waals surface area (Å²) < 4.78 is 5.27. The van der Waals surface area contributed by atoms with E-state index in [9.17, 15) is 9.59 Å². The second kappa shape index (κ2) is 5.36. The van der Waals surface area contributed by atoms with Crippen LogP contribution in [-0.4, -0.2) is 35.2 Å². The van der Waals surface area contributed by atoms with Crippen LogP contribution in [0.4, 0.5) is 0 Å². The number of aromatic nitrogens is 1. The maximum absolute atomic E-state index is 12.1. The van der Waals surface area contributed by atoms with Gasteiger partial charge in [-0.1, -0.05) is 0 Å². The number of carbonyl (C=O) groups excluding carboxylic acids is 2. The fourth-order valence-electron chi connectivity index (χ4n) is 1.73. The number of nitrogens with zero attached hydrogens (tertiary/aromatic N) is 1. The van der Waals surface area contributed by atoms with E-state index in [-0.39, 0.29) is 16.5 Å². The lowest BCUT2D eigenvalue weighted by Gasteiger charge is -2.16. The number of H-pyrrole nitrogens is 1. The number of carbonyl (C=O) groups is 2. The summed E-state index contributed by atoms with van der Waals surface area (Å²) in [4.78, 5) is 27.7. The van der Waals surface area contributed by atoms with Crippen LogP contribution in [0.3, 0.4) is 0 Å². The monoisotopic (exact) mass is 278 g/mol. The molecule has 0 bridgehead atoms. The van der Waals surface area contributed by atoms with Gasteiger partial charge in [-0.05, 0) is 37.3 Å². The molecule has 0 atom stereocenters. The van der Waals surface area contributed by atoms with Gasteiger partial charge in [0.2, 0.25) is 0 Å². The molecule has 2 aromatic rings. The minimum atomic E-state index is -0.148. The van der Waals surface area contributed by atoms with Crippen molar-refractivity contribution in [1.29, 1.82) is 0 Å². The van der Waals surface area contributed by atoms with Crippen molar-refractivity contribution >= 4 is 35.0 Å². The number of Topliss-reactive ketones (excluding diaryl/α,β-unsaturated/α-hetero) is 1. The fraction of sp³-hybridized carbons (Fsp3) is 0.308. The van der Waals surface area contributed by atoms with Gasteiger partial charge >= 0.3 is 0 Å². The van der Waals surface area contributed by atoms with Gasteiger partial charge in [0.15, 0.2) is 5.58 Å². The first kappa shape index (κ1) is 13.5. The average Bonchev–Trinajstić information content (AvgIpc) is 2.73. The molecular formula is C13H14N2O3S. The molecule has 1 aromatic carbocycles. The number of oxazole rings is 1. The Morgan fingerprint density at radius 2 is 2.16 bits per heavy atom. The van der Waals surface area contributed by atoms with Crippen LogP contribution in [0.1, 0.15) is 23.7 Å². The van der Waals surface area contributed by atoms with Crippen LogP contribution < -0.4 is 0 Å². The molecule has 1 aromatic heterocycles. The first-order valence-corrected chi connectivity index (χ1v) is 6.26. The third kappa shape index (κ3) is 3.08. The summed E-state index contributed by atoms with van der Waals surface area (Å²) in [6.07, 6.45) is 0.356. The van der Waals surface area contributed by atoms with Crippen LogP contribution in [0.2, 0.25) is 0 Å². The SMILES string of the molecule is CC(=O)CCN(C)C(=O)c1ccc2[nH]c(=S)oc2c1. The Bertz CT molecular complexity index is 686. The first-order chi connectivity index (χ1) is 8.97. The summed E-state index contributed by atoms with van der Waals surface area (Å²) in [6.45, 7) is 1.91. The van der Waals surface area contributed by atoms with Crippen molar-refractivity contribution in [3.63, 3.8) is 0 Å². The molecule has 0 fully saturated rings. The first-order valence-electron chi connectivity index (χ1n) is 5.85. The highest BCUT2D eigenvalue weighted by Crippen LogP contribution is 2.16. The summed E-state index contributed by atoms with van der Waals surface area (Å²) in [5.41, 5.74) is 1.82. The van der Waals surface area contributed by atoms with Gasteiger partial charge in [0.25, 0.3) is 10.7 Å². The summed E-state index contributed by atoms with van der Waals surface area (Å²) >= 11 is 4.89. The second-order valence-corrected chi connectivity index (χ2v) is 4.77. The molecular weight excluding hydrogens is 264 g/mol. The third-order valence-electron chi connectivity index (χ3n) is 2.81. The number of nitrogens with one attached hydrogen (secondary N) is 1. The number of rotatable bonds is 4. The smallest absolute Gasteiger partial charge is 0.266 e. The topological polar surface area (TPSA) is 66.3 Å². The van der Waals surface area contributed by atoms with Gasteiger partial charge in [-0.2, -0.15) is 0 Å². The van der Waals surface area contributed by atoms with Crippen LogP contribution in [0.15, 0.2) is 22.6 Å². The van der Waals surface area contributed by atoms with Crippen molar-refractivity contribution in [2.45, 2.75) is 13.3 Å². The minimum Gasteiger partial charge on any atom is -0.429 e. The summed E-state index contributed by atoms with van der Waals surface area (Å²) in [6, 6.07) is 5.10. The van der Waals surface area contributed by atoms with E-state index >= 15 is 0 Å². The van der Waals surface area contributed by atoms with Gasteiger partial charge in [-0.3, -0.25) is 9.59 Å². The molecule has 0 aliphatic heterocycles. The van der Waals surface area contributed by atoms with E-state index in [0.717, 1.165) is 5.52 Å². The van der Waals surface area contributed by atoms with Gasteiger partial charge in [0.1, 0.15) is 5.78 Å². The molecule has 0 aliphatic rings. The normalized spacial score (nSPS) is 10.6. The van der Waals surface area contributed by atoms with Gasteiger partial charge in [-0.25, -0.2) is 0 Å². The average molecular weight is 278 g/mol. The molecule has 0 radical (unpaired) electrons. The van der Waals surface area contributed by atoms with E-state index in [1.54, 1.807) is 25.2 Å². The van der Waals surface area contributed by atoms with Gasteiger partial charge in [0.05, 0.1) is 5.52 Å². The quantitative estimate of drug-likeness (QED) is 0.873. The molecule has 6 heteroatoms. The lowest BCUT2D eigenvalue weighted by Crippen LogP contribution is -2.28. The van der Waals surface area contributed by atoms with E-state index < -0.39 is 0 Å². The highest BCUT2D eigenvalue weighted by Gasteiger charge is 2.13. The van der Waals surface area contributed by atoms with Gasteiger partial charge in [0, 0.05) is 25.6 Å². The molecule has 1 N–H and O–H groups in total. The molecule has 1 heterocycles. The number of amides is 1. The number of benzene rings is 1. The molecule has 0 spiro atoms. The van der Waals surface area contributed by atoms with Crippen molar-refractivity contribution in [3.05, 3.63) is 28.6 Å². The van der Waals surface area contributed by atoms with Crippen molar-refractivity contribution in [2.24, 2.45) is 0 Å². The van der Waals surface area contributed by atoms with Crippen molar-refractivity contribution in [1.82, 2.24) is 9.88 Å². The lowest BCUT2D eigenvalue weighted by atomic mass is 10.2. The Kier molecular flexibility index (Phi) is 3.80. The zero-order valence-corrected chi connectivity index (χ0v) is 11.5. The Morgan fingerprint density at radius 1 is 1.42 bits per heavy atom. The number of ketones is 1. The highest BCUT2D eigenvalue weighted by molar-refractivity contribution is 7.71. The zero-order valence-electron chi connectivity index (χ0n) is 10.7. The summed E-state index contributed by atoms with van der Waals surface area (Å²) in [5, 5.41) is 0. The Balaban J connectivity index is 2.20. The maximum Gasteiger partial charge on any atom is 0.266 e. The Morgan fingerprint density at radius 3 is 2.84 bits per heavy atom. The van der Waals surface area contributed by atoms with E-state index in [0.29, 0.717) is 24.1 Å². The van der Waals surface area contributed by atoms with Crippen LogP contribution >= 0.6 is 12.2 Å².